The number of rotatable bonds is 3. The molecule has 0 saturated heterocycles. The molecule has 1 atom stereocenters. The maximum Gasteiger partial charge on any atom is 0.226 e. The van der Waals surface area contributed by atoms with E-state index in [1.807, 2.05) is 24.5 Å². The van der Waals surface area contributed by atoms with Crippen LogP contribution in [0.1, 0.15) is 48.2 Å². The second kappa shape index (κ2) is 7.20. The molecule has 4 aromatic rings. The Morgan fingerprint density at radius 1 is 1.07 bits per heavy atom. The van der Waals surface area contributed by atoms with Crippen molar-refractivity contribution in [3.8, 4) is 0 Å². The topological polar surface area (TPSA) is 44.8 Å². The number of H-pyrrole nitrogens is 1. The number of benzene rings is 2. The molecule has 0 saturated carbocycles. The van der Waals surface area contributed by atoms with E-state index in [9.17, 15) is 0 Å². The second-order valence-electron chi connectivity index (χ2n) is 7.92. The smallest absolute Gasteiger partial charge is 0.226 e. The summed E-state index contributed by atoms with van der Waals surface area (Å²) in [5.41, 5.74) is 6.25. The summed E-state index contributed by atoms with van der Waals surface area (Å²) in [6.45, 7) is 5.30. The lowest BCUT2D eigenvalue weighted by Crippen LogP contribution is -2.37. The molecule has 1 unspecified atom stereocenters. The molecule has 1 aliphatic heterocycles. The fourth-order valence-electron chi connectivity index (χ4n) is 4.33. The van der Waals surface area contributed by atoms with Crippen LogP contribution < -0.4 is 4.90 Å². The van der Waals surface area contributed by atoms with Gasteiger partial charge in [-0.3, -0.25) is 0 Å². The highest BCUT2D eigenvalue weighted by molar-refractivity contribution is 6.31. The van der Waals surface area contributed by atoms with E-state index < -0.39 is 0 Å². The third kappa shape index (κ3) is 3.18. The number of fused-ring (bicyclic) bond motifs is 3. The normalized spacial score (nSPS) is 16.4. The first-order valence-electron chi connectivity index (χ1n) is 10.1. The average Bonchev–Trinajstić information content (AvgIpc) is 3.11. The molecule has 29 heavy (non-hydrogen) atoms. The maximum atomic E-state index is 6.30. The minimum Gasteiger partial charge on any atom is -0.356 e. The van der Waals surface area contributed by atoms with Crippen LogP contribution in [0.25, 0.3) is 10.9 Å². The van der Waals surface area contributed by atoms with E-state index >= 15 is 0 Å². The molecule has 2 aromatic carbocycles. The van der Waals surface area contributed by atoms with Gasteiger partial charge < -0.3 is 9.88 Å². The summed E-state index contributed by atoms with van der Waals surface area (Å²) in [5.74, 6) is 1.27. The number of halogens is 1. The van der Waals surface area contributed by atoms with Crippen LogP contribution in [0, 0.1) is 0 Å². The standard InChI is InChI=1S/C24H23ClN4/c1-15(2)16-4-6-17(7-5-16)23-22-19(20-14-18(25)8-9-21(20)28-22)10-13-29(23)24-26-11-3-12-27-24/h3-9,11-12,14-15,23,28H,10,13H2,1-2H3. The highest BCUT2D eigenvalue weighted by Gasteiger charge is 2.33. The van der Waals surface area contributed by atoms with Crippen molar-refractivity contribution in [3.05, 3.63) is 88.3 Å². The summed E-state index contributed by atoms with van der Waals surface area (Å²) in [4.78, 5) is 15.1. The van der Waals surface area contributed by atoms with Gasteiger partial charge >= 0.3 is 0 Å². The fourth-order valence-corrected chi connectivity index (χ4v) is 4.50. The third-order valence-electron chi connectivity index (χ3n) is 5.82. The Hall–Kier alpha value is -2.85. The predicted octanol–water partition coefficient (Wildman–Crippen LogP) is 5.89. The lowest BCUT2D eigenvalue weighted by Gasteiger charge is -2.36. The molecule has 146 valence electrons. The Morgan fingerprint density at radius 3 is 2.55 bits per heavy atom. The Balaban J connectivity index is 1.68. The van der Waals surface area contributed by atoms with Crippen LogP contribution in [0.4, 0.5) is 5.95 Å². The van der Waals surface area contributed by atoms with Crippen LogP contribution in [0.15, 0.2) is 60.9 Å². The van der Waals surface area contributed by atoms with Crippen molar-refractivity contribution in [2.45, 2.75) is 32.2 Å². The van der Waals surface area contributed by atoms with Crippen molar-refractivity contribution in [3.63, 3.8) is 0 Å². The lowest BCUT2D eigenvalue weighted by atomic mass is 9.91. The van der Waals surface area contributed by atoms with E-state index in [2.05, 4.69) is 70.1 Å². The molecule has 0 spiro atoms. The van der Waals surface area contributed by atoms with Gasteiger partial charge in [0.1, 0.15) is 0 Å². The van der Waals surface area contributed by atoms with E-state index in [4.69, 9.17) is 11.6 Å². The highest BCUT2D eigenvalue weighted by Crippen LogP contribution is 2.40. The Morgan fingerprint density at radius 2 is 1.83 bits per heavy atom. The number of aromatic nitrogens is 3. The number of nitrogens with zero attached hydrogens (tertiary/aromatic N) is 3. The SMILES string of the molecule is CC(C)c1ccc(C2c3[nH]c4ccc(Cl)cc4c3CCN2c2ncccn2)cc1. The molecule has 1 aliphatic rings. The number of aromatic amines is 1. The second-order valence-corrected chi connectivity index (χ2v) is 8.36. The molecule has 5 rings (SSSR count). The summed E-state index contributed by atoms with van der Waals surface area (Å²) in [7, 11) is 0. The third-order valence-corrected chi connectivity index (χ3v) is 6.05. The first-order valence-corrected chi connectivity index (χ1v) is 10.4. The molecule has 3 heterocycles. The van der Waals surface area contributed by atoms with E-state index in [-0.39, 0.29) is 6.04 Å². The van der Waals surface area contributed by atoms with Crippen molar-refractivity contribution in [2.24, 2.45) is 0 Å². The van der Waals surface area contributed by atoms with Crippen molar-refractivity contribution in [1.29, 1.82) is 0 Å². The van der Waals surface area contributed by atoms with Gasteiger partial charge in [-0.1, -0.05) is 49.7 Å². The quantitative estimate of drug-likeness (QED) is 0.465. The van der Waals surface area contributed by atoms with Crippen LogP contribution in [0.3, 0.4) is 0 Å². The summed E-state index contributed by atoms with van der Waals surface area (Å²) in [5, 5.41) is 1.98. The zero-order chi connectivity index (χ0) is 20.0. The Labute approximate surface area is 175 Å². The largest absolute Gasteiger partial charge is 0.356 e. The van der Waals surface area contributed by atoms with Crippen LogP contribution >= 0.6 is 11.6 Å². The minimum absolute atomic E-state index is 0.0357. The number of hydrogen-bond donors (Lipinski definition) is 1. The molecule has 2 aromatic heterocycles. The van der Waals surface area contributed by atoms with Gasteiger partial charge in [0.05, 0.1) is 6.04 Å². The Bertz CT molecular complexity index is 1150. The van der Waals surface area contributed by atoms with Crippen molar-refractivity contribution < 1.29 is 0 Å². The molecule has 0 bridgehead atoms. The predicted molar refractivity (Wildman–Crippen MR) is 119 cm³/mol. The average molecular weight is 403 g/mol. The van der Waals surface area contributed by atoms with E-state index in [0.29, 0.717) is 5.92 Å². The van der Waals surface area contributed by atoms with Gasteiger partial charge in [-0.2, -0.15) is 0 Å². The van der Waals surface area contributed by atoms with Crippen LogP contribution in [-0.2, 0) is 6.42 Å². The number of hydrogen-bond acceptors (Lipinski definition) is 3. The van der Waals surface area contributed by atoms with Gasteiger partial charge in [-0.05, 0) is 53.3 Å². The van der Waals surface area contributed by atoms with Gasteiger partial charge in [0.15, 0.2) is 0 Å². The van der Waals surface area contributed by atoms with Gasteiger partial charge in [-0.25, -0.2) is 9.97 Å². The van der Waals surface area contributed by atoms with Crippen LogP contribution in [-0.4, -0.2) is 21.5 Å². The summed E-state index contributed by atoms with van der Waals surface area (Å²) in [6.07, 6.45) is 4.54. The summed E-state index contributed by atoms with van der Waals surface area (Å²) < 4.78 is 0. The molecule has 0 fully saturated rings. The van der Waals surface area contributed by atoms with Gasteiger partial charge in [0, 0.05) is 40.6 Å². The molecule has 4 nitrogen and oxygen atoms in total. The minimum atomic E-state index is 0.0357. The van der Waals surface area contributed by atoms with Crippen LogP contribution in [0.2, 0.25) is 5.02 Å². The van der Waals surface area contributed by atoms with Crippen molar-refractivity contribution >= 4 is 28.5 Å². The van der Waals surface area contributed by atoms with Crippen molar-refractivity contribution in [2.75, 3.05) is 11.4 Å². The molecule has 0 aliphatic carbocycles. The van der Waals surface area contributed by atoms with Crippen LogP contribution in [0.5, 0.6) is 0 Å². The number of anilines is 1. The van der Waals surface area contributed by atoms with E-state index in [1.165, 1.54) is 27.8 Å². The van der Waals surface area contributed by atoms with Gasteiger partial charge in [0.2, 0.25) is 5.95 Å². The zero-order valence-corrected chi connectivity index (χ0v) is 17.3. The fraction of sp³-hybridized carbons (Fsp3) is 0.250. The first kappa shape index (κ1) is 18.2. The zero-order valence-electron chi connectivity index (χ0n) is 16.6. The summed E-state index contributed by atoms with van der Waals surface area (Å²) in [6, 6.07) is 16.9. The van der Waals surface area contributed by atoms with E-state index in [1.54, 1.807) is 0 Å². The lowest BCUT2D eigenvalue weighted by molar-refractivity contribution is 0.626. The molecule has 1 N–H and O–H groups in total. The first-order chi connectivity index (χ1) is 14.1. The molecular formula is C24H23ClN4. The highest BCUT2D eigenvalue weighted by atomic mass is 35.5. The maximum absolute atomic E-state index is 6.30. The number of nitrogens with one attached hydrogen (secondary N) is 1. The van der Waals surface area contributed by atoms with Gasteiger partial charge in [-0.15, -0.1) is 0 Å². The molecule has 0 amide bonds. The molecular weight excluding hydrogens is 380 g/mol. The van der Waals surface area contributed by atoms with E-state index in [0.717, 1.165) is 29.5 Å². The summed E-state index contributed by atoms with van der Waals surface area (Å²) >= 11 is 6.30. The van der Waals surface area contributed by atoms with Crippen molar-refractivity contribution in [1.82, 2.24) is 15.0 Å². The van der Waals surface area contributed by atoms with Gasteiger partial charge in [0.25, 0.3) is 0 Å². The Kier molecular flexibility index (Phi) is 4.51. The molecule has 0 radical (unpaired) electrons. The molecule has 5 heteroatoms. The monoisotopic (exact) mass is 402 g/mol.